The molecule has 1 N–H and O–H groups in total. The number of sulfonamides is 1. The van der Waals surface area contributed by atoms with Gasteiger partial charge in [-0.05, 0) is 50.1 Å². The second-order valence-corrected chi connectivity index (χ2v) is 10.1. The quantitative estimate of drug-likeness (QED) is 0.540. The van der Waals surface area contributed by atoms with Crippen LogP contribution in [0.15, 0.2) is 63.1 Å². The zero-order valence-corrected chi connectivity index (χ0v) is 18.6. The van der Waals surface area contributed by atoms with Crippen molar-refractivity contribution in [2.45, 2.75) is 29.9 Å². The van der Waals surface area contributed by atoms with E-state index in [1.54, 1.807) is 18.2 Å². The van der Waals surface area contributed by atoms with E-state index >= 15 is 0 Å². The van der Waals surface area contributed by atoms with Crippen LogP contribution in [0.25, 0.3) is 11.5 Å². The molecule has 0 aliphatic carbocycles. The number of amides is 1. The summed E-state index contributed by atoms with van der Waals surface area (Å²) in [4.78, 5) is 12.5. The summed E-state index contributed by atoms with van der Waals surface area (Å²) in [6.07, 6.45) is 1.74. The number of carbonyl (C=O) groups is 1. The fourth-order valence-electron chi connectivity index (χ4n) is 3.30. The molecular formula is C21H22N4O4S2. The fraction of sp³-hybridized carbons (Fsp3) is 0.286. The molecule has 0 atom stereocenters. The van der Waals surface area contributed by atoms with Crippen LogP contribution in [0.5, 0.6) is 0 Å². The Morgan fingerprint density at radius 1 is 1.13 bits per heavy atom. The number of hydrogen-bond donors (Lipinski definition) is 1. The lowest BCUT2D eigenvalue weighted by molar-refractivity contribution is -0.113. The van der Waals surface area contributed by atoms with Crippen molar-refractivity contribution >= 4 is 33.4 Å². The van der Waals surface area contributed by atoms with Gasteiger partial charge in [0.2, 0.25) is 21.8 Å². The number of thioether (sulfide) groups is 1. The van der Waals surface area contributed by atoms with Crippen molar-refractivity contribution in [3.05, 3.63) is 54.1 Å². The minimum absolute atomic E-state index is 0.0541. The van der Waals surface area contributed by atoms with Crippen molar-refractivity contribution in [3.63, 3.8) is 0 Å². The van der Waals surface area contributed by atoms with Crippen LogP contribution in [-0.4, -0.2) is 47.7 Å². The van der Waals surface area contributed by atoms with Gasteiger partial charge in [0.15, 0.2) is 0 Å². The standard InChI is InChI=1S/C21H22N4O4S2/c1-15-6-4-7-16(12-15)20-23-24-21(29-20)30-14-19(26)22-17-8-5-9-18(13-17)31(27,28)25-10-2-3-11-25/h4-9,12-13H,2-3,10-11,14H2,1H3,(H,22,26). The van der Waals surface area contributed by atoms with Gasteiger partial charge in [0.25, 0.3) is 5.22 Å². The third kappa shape index (κ3) is 5.15. The van der Waals surface area contributed by atoms with Crippen molar-refractivity contribution in [2.75, 3.05) is 24.2 Å². The van der Waals surface area contributed by atoms with E-state index in [1.807, 2.05) is 31.2 Å². The van der Waals surface area contributed by atoms with Crippen LogP contribution < -0.4 is 5.32 Å². The molecule has 162 valence electrons. The number of aryl methyl sites for hydroxylation is 1. The minimum Gasteiger partial charge on any atom is -0.411 e. The molecule has 1 aliphatic heterocycles. The molecule has 0 bridgehead atoms. The normalized spacial score (nSPS) is 14.6. The third-order valence-corrected chi connectivity index (χ3v) is 7.53. The van der Waals surface area contributed by atoms with Gasteiger partial charge < -0.3 is 9.73 Å². The van der Waals surface area contributed by atoms with Gasteiger partial charge in [0.1, 0.15) is 0 Å². The summed E-state index contributed by atoms with van der Waals surface area (Å²) in [7, 11) is -3.54. The molecule has 31 heavy (non-hydrogen) atoms. The van der Waals surface area contributed by atoms with Crippen LogP contribution in [0, 0.1) is 6.92 Å². The van der Waals surface area contributed by atoms with Crippen molar-refractivity contribution in [3.8, 4) is 11.5 Å². The third-order valence-electron chi connectivity index (χ3n) is 4.82. The Bertz CT molecular complexity index is 1190. The van der Waals surface area contributed by atoms with Gasteiger partial charge in [-0.2, -0.15) is 4.31 Å². The smallest absolute Gasteiger partial charge is 0.277 e. The number of nitrogens with zero attached hydrogens (tertiary/aromatic N) is 3. The molecule has 0 spiro atoms. The van der Waals surface area contributed by atoms with Crippen LogP contribution in [-0.2, 0) is 14.8 Å². The molecule has 1 fully saturated rings. The van der Waals surface area contributed by atoms with Crippen LogP contribution in [0.3, 0.4) is 0 Å². The Morgan fingerprint density at radius 2 is 1.90 bits per heavy atom. The first-order chi connectivity index (χ1) is 14.9. The first-order valence-electron chi connectivity index (χ1n) is 9.85. The molecule has 1 saturated heterocycles. The van der Waals surface area contributed by atoms with E-state index in [2.05, 4.69) is 15.5 Å². The van der Waals surface area contributed by atoms with Gasteiger partial charge in [-0.25, -0.2) is 8.42 Å². The lowest BCUT2D eigenvalue weighted by Gasteiger charge is -2.16. The van der Waals surface area contributed by atoms with E-state index in [0.29, 0.717) is 24.7 Å². The highest BCUT2D eigenvalue weighted by Crippen LogP contribution is 2.25. The first-order valence-corrected chi connectivity index (χ1v) is 12.3. The van der Waals surface area contributed by atoms with E-state index in [4.69, 9.17) is 4.42 Å². The SMILES string of the molecule is Cc1cccc(-c2nnc(SCC(=O)Nc3cccc(S(=O)(=O)N4CCCC4)c3)o2)c1. The number of anilines is 1. The van der Waals surface area contributed by atoms with Crippen molar-refractivity contribution in [2.24, 2.45) is 0 Å². The number of nitrogens with one attached hydrogen (secondary N) is 1. The lowest BCUT2D eigenvalue weighted by Crippen LogP contribution is -2.28. The summed E-state index contributed by atoms with van der Waals surface area (Å²) in [5, 5.41) is 11.0. The lowest BCUT2D eigenvalue weighted by atomic mass is 10.1. The summed E-state index contributed by atoms with van der Waals surface area (Å²) in [6, 6.07) is 14.0. The molecule has 2 heterocycles. The summed E-state index contributed by atoms with van der Waals surface area (Å²) in [5.74, 6) is 0.154. The van der Waals surface area contributed by atoms with E-state index < -0.39 is 10.0 Å². The number of benzene rings is 2. The topological polar surface area (TPSA) is 105 Å². The van der Waals surface area contributed by atoms with Crippen molar-refractivity contribution in [1.29, 1.82) is 0 Å². The highest BCUT2D eigenvalue weighted by Gasteiger charge is 2.27. The van der Waals surface area contributed by atoms with Crippen LogP contribution in [0.2, 0.25) is 0 Å². The molecular weight excluding hydrogens is 436 g/mol. The molecule has 1 amide bonds. The van der Waals surface area contributed by atoms with Crippen LogP contribution in [0.1, 0.15) is 18.4 Å². The highest BCUT2D eigenvalue weighted by atomic mass is 32.2. The predicted molar refractivity (Wildman–Crippen MR) is 118 cm³/mol. The Kier molecular flexibility index (Phi) is 6.40. The highest BCUT2D eigenvalue weighted by molar-refractivity contribution is 7.99. The van der Waals surface area contributed by atoms with E-state index in [0.717, 1.165) is 35.7 Å². The second-order valence-electron chi connectivity index (χ2n) is 7.22. The maximum absolute atomic E-state index is 12.7. The van der Waals surface area contributed by atoms with Gasteiger partial charge in [0.05, 0.1) is 10.6 Å². The van der Waals surface area contributed by atoms with Crippen molar-refractivity contribution in [1.82, 2.24) is 14.5 Å². The minimum atomic E-state index is -3.54. The molecule has 4 rings (SSSR count). The van der Waals surface area contributed by atoms with E-state index in [9.17, 15) is 13.2 Å². The largest absolute Gasteiger partial charge is 0.411 e. The molecule has 8 nitrogen and oxygen atoms in total. The summed E-state index contributed by atoms with van der Waals surface area (Å²) in [5.41, 5.74) is 2.33. The second kappa shape index (κ2) is 9.21. The number of aromatic nitrogens is 2. The maximum atomic E-state index is 12.7. The number of rotatable bonds is 7. The summed E-state index contributed by atoms with van der Waals surface area (Å²) in [6.45, 7) is 3.04. The van der Waals surface area contributed by atoms with Crippen molar-refractivity contribution < 1.29 is 17.6 Å². The molecule has 10 heteroatoms. The molecule has 3 aromatic rings. The maximum Gasteiger partial charge on any atom is 0.277 e. The molecule has 2 aromatic carbocycles. The zero-order chi connectivity index (χ0) is 21.8. The number of carbonyl (C=O) groups excluding carboxylic acids is 1. The summed E-state index contributed by atoms with van der Waals surface area (Å²) < 4.78 is 32.5. The Balaban J connectivity index is 1.36. The Labute approximate surface area is 185 Å². The van der Waals surface area contributed by atoms with Gasteiger partial charge >= 0.3 is 0 Å². The van der Waals surface area contributed by atoms with Crippen LogP contribution >= 0.6 is 11.8 Å². The molecule has 0 unspecified atom stereocenters. The predicted octanol–water partition coefficient (Wildman–Crippen LogP) is 3.56. The van der Waals surface area contributed by atoms with Gasteiger partial charge in [0, 0.05) is 24.3 Å². The molecule has 1 aromatic heterocycles. The van der Waals surface area contributed by atoms with Gasteiger partial charge in [-0.1, -0.05) is 35.5 Å². The van der Waals surface area contributed by atoms with Gasteiger partial charge in [-0.15, -0.1) is 10.2 Å². The average molecular weight is 459 g/mol. The van der Waals surface area contributed by atoms with Crippen LogP contribution in [0.4, 0.5) is 5.69 Å². The number of hydrogen-bond acceptors (Lipinski definition) is 7. The average Bonchev–Trinajstić information content (AvgIpc) is 3.45. The van der Waals surface area contributed by atoms with E-state index in [1.165, 1.54) is 10.4 Å². The Hall–Kier alpha value is -2.69. The zero-order valence-electron chi connectivity index (χ0n) is 16.9. The monoisotopic (exact) mass is 458 g/mol. The molecule has 1 aliphatic rings. The molecule has 0 radical (unpaired) electrons. The fourth-order valence-corrected chi connectivity index (χ4v) is 5.43. The van der Waals surface area contributed by atoms with Gasteiger partial charge in [-0.3, -0.25) is 4.79 Å². The Morgan fingerprint density at radius 3 is 2.68 bits per heavy atom. The summed E-state index contributed by atoms with van der Waals surface area (Å²) >= 11 is 1.12. The molecule has 0 saturated carbocycles. The van der Waals surface area contributed by atoms with E-state index in [-0.39, 0.29) is 21.8 Å². The first kappa shape index (κ1) is 21.5.